The minimum atomic E-state index is -1.21. The molecule has 0 aliphatic carbocycles. The van der Waals surface area contributed by atoms with Crippen LogP contribution in [0.4, 0.5) is 0 Å². The molecule has 1 amide bonds. The molecule has 0 aliphatic rings. The van der Waals surface area contributed by atoms with Gasteiger partial charge < -0.3 is 10.4 Å². The van der Waals surface area contributed by atoms with Crippen molar-refractivity contribution < 1.29 is 14.7 Å². The molecule has 0 aromatic heterocycles. The molecule has 0 heterocycles. The van der Waals surface area contributed by atoms with Gasteiger partial charge in [-0.25, -0.2) is 4.79 Å². The van der Waals surface area contributed by atoms with Crippen LogP contribution in [0.25, 0.3) is 6.08 Å². The number of carboxylic acids is 1. The van der Waals surface area contributed by atoms with Gasteiger partial charge in [0, 0.05) is 11.1 Å². The van der Waals surface area contributed by atoms with Crippen molar-refractivity contribution in [3.05, 3.63) is 40.9 Å². The summed E-state index contributed by atoms with van der Waals surface area (Å²) < 4.78 is 0. The van der Waals surface area contributed by atoms with Crippen LogP contribution < -0.4 is 5.32 Å². The quantitative estimate of drug-likeness (QED) is 0.793. The van der Waals surface area contributed by atoms with Crippen molar-refractivity contribution in [2.24, 2.45) is 0 Å². The summed E-state index contributed by atoms with van der Waals surface area (Å²) in [6.45, 7) is 3.47. The largest absolute Gasteiger partial charge is 0.480 e. The van der Waals surface area contributed by atoms with Crippen LogP contribution in [0.15, 0.2) is 30.3 Å². The number of benzene rings is 1. The maximum atomic E-state index is 11.8. The summed E-state index contributed by atoms with van der Waals surface area (Å²) in [6, 6.07) is 6.99. The van der Waals surface area contributed by atoms with E-state index in [0.29, 0.717) is 17.9 Å². The lowest BCUT2D eigenvalue weighted by molar-refractivity contribution is -0.147. The second-order valence-corrected chi connectivity index (χ2v) is 4.90. The number of aliphatic carboxylic acids is 1. The van der Waals surface area contributed by atoms with E-state index in [1.54, 1.807) is 44.2 Å². The van der Waals surface area contributed by atoms with Crippen LogP contribution in [-0.4, -0.2) is 22.5 Å². The van der Waals surface area contributed by atoms with Crippen molar-refractivity contribution in [1.29, 1.82) is 0 Å². The average Bonchev–Trinajstić information content (AvgIpc) is 2.44. The Morgan fingerprint density at radius 2 is 1.80 bits per heavy atom. The number of nitrogens with one attached hydrogen (secondary N) is 1. The van der Waals surface area contributed by atoms with Gasteiger partial charge in [-0.05, 0) is 36.6 Å². The molecule has 1 rings (SSSR count). The first-order chi connectivity index (χ1) is 9.43. The fraction of sp³-hybridized carbons (Fsp3) is 0.333. The van der Waals surface area contributed by atoms with Crippen molar-refractivity contribution in [2.45, 2.75) is 32.2 Å². The number of hydrogen-bond donors (Lipinski definition) is 2. The number of carbonyl (C=O) groups is 2. The molecule has 0 saturated carbocycles. The van der Waals surface area contributed by atoms with E-state index in [2.05, 4.69) is 5.32 Å². The number of carbonyl (C=O) groups excluding carboxylic acids is 1. The molecule has 108 valence electrons. The predicted molar refractivity (Wildman–Crippen MR) is 79.6 cm³/mol. The Morgan fingerprint density at radius 1 is 1.25 bits per heavy atom. The van der Waals surface area contributed by atoms with Gasteiger partial charge in [-0.1, -0.05) is 37.6 Å². The van der Waals surface area contributed by atoms with Crippen molar-refractivity contribution in [1.82, 2.24) is 5.32 Å². The third kappa shape index (κ3) is 4.10. The lowest BCUT2D eigenvalue weighted by atomic mass is 9.93. The van der Waals surface area contributed by atoms with Crippen molar-refractivity contribution in [3.8, 4) is 0 Å². The maximum absolute atomic E-state index is 11.8. The molecule has 0 unspecified atom stereocenters. The van der Waals surface area contributed by atoms with Crippen LogP contribution in [0.5, 0.6) is 0 Å². The van der Waals surface area contributed by atoms with Crippen molar-refractivity contribution >= 4 is 29.6 Å². The molecular formula is C15H18ClNO3. The van der Waals surface area contributed by atoms with Gasteiger partial charge in [0.1, 0.15) is 5.54 Å². The molecule has 0 atom stereocenters. The van der Waals surface area contributed by atoms with Crippen LogP contribution in [0.3, 0.4) is 0 Å². The highest BCUT2D eigenvalue weighted by Gasteiger charge is 2.35. The Kier molecular flexibility index (Phi) is 5.77. The second kappa shape index (κ2) is 7.10. The van der Waals surface area contributed by atoms with E-state index in [1.165, 1.54) is 6.08 Å². The maximum Gasteiger partial charge on any atom is 0.329 e. The molecule has 1 aromatic carbocycles. The lowest BCUT2D eigenvalue weighted by Crippen LogP contribution is -2.53. The third-order valence-corrected chi connectivity index (χ3v) is 3.53. The first-order valence-corrected chi connectivity index (χ1v) is 6.80. The van der Waals surface area contributed by atoms with Gasteiger partial charge in [0.2, 0.25) is 5.91 Å². The number of rotatable bonds is 6. The van der Waals surface area contributed by atoms with Gasteiger partial charge in [0.25, 0.3) is 0 Å². The molecule has 0 aliphatic heterocycles. The summed E-state index contributed by atoms with van der Waals surface area (Å²) in [6.07, 6.45) is 3.61. The van der Waals surface area contributed by atoms with Gasteiger partial charge in [0.05, 0.1) is 0 Å². The smallest absolute Gasteiger partial charge is 0.329 e. The Hall–Kier alpha value is -1.81. The normalized spacial score (nSPS) is 11.6. The third-order valence-electron chi connectivity index (χ3n) is 3.28. The lowest BCUT2D eigenvalue weighted by Gasteiger charge is -2.27. The monoisotopic (exact) mass is 295 g/mol. The van der Waals surface area contributed by atoms with E-state index >= 15 is 0 Å². The molecule has 0 fully saturated rings. The summed E-state index contributed by atoms with van der Waals surface area (Å²) in [7, 11) is 0. The van der Waals surface area contributed by atoms with Crippen LogP contribution in [-0.2, 0) is 9.59 Å². The van der Waals surface area contributed by atoms with Gasteiger partial charge >= 0.3 is 5.97 Å². The fourth-order valence-corrected chi connectivity index (χ4v) is 1.93. The number of hydrogen-bond acceptors (Lipinski definition) is 2. The number of halogens is 1. The zero-order valence-corrected chi connectivity index (χ0v) is 12.3. The van der Waals surface area contributed by atoms with Crippen molar-refractivity contribution in [3.63, 3.8) is 0 Å². The molecule has 0 spiro atoms. The number of carboxylic acid groups (broad SMARTS) is 1. The summed E-state index contributed by atoms with van der Waals surface area (Å²) in [4.78, 5) is 23.1. The molecule has 1 aromatic rings. The Balaban J connectivity index is 2.76. The van der Waals surface area contributed by atoms with E-state index in [4.69, 9.17) is 11.6 Å². The average molecular weight is 296 g/mol. The first kappa shape index (κ1) is 16.2. The van der Waals surface area contributed by atoms with Crippen LogP contribution in [0.2, 0.25) is 5.02 Å². The van der Waals surface area contributed by atoms with Crippen molar-refractivity contribution in [2.75, 3.05) is 0 Å². The molecule has 0 radical (unpaired) electrons. The highest BCUT2D eigenvalue weighted by atomic mass is 35.5. The summed E-state index contributed by atoms with van der Waals surface area (Å²) in [5, 5.41) is 12.4. The van der Waals surface area contributed by atoms with Gasteiger partial charge in [-0.3, -0.25) is 4.79 Å². The molecule has 20 heavy (non-hydrogen) atoms. The molecule has 4 nitrogen and oxygen atoms in total. The second-order valence-electron chi connectivity index (χ2n) is 4.47. The summed E-state index contributed by atoms with van der Waals surface area (Å²) in [5.74, 6) is -1.44. The standard InChI is InChI=1S/C15H18ClNO3/c1-3-15(4-2,14(19)20)17-13(18)10-7-11-5-8-12(16)9-6-11/h5-10H,3-4H2,1-2H3,(H,17,18)(H,19,20). The Bertz CT molecular complexity index is 504. The van der Waals surface area contributed by atoms with Gasteiger partial charge in [-0.15, -0.1) is 0 Å². The van der Waals surface area contributed by atoms with Crippen LogP contribution >= 0.6 is 11.6 Å². The van der Waals surface area contributed by atoms with E-state index in [0.717, 1.165) is 5.56 Å². The van der Waals surface area contributed by atoms with Crippen LogP contribution in [0.1, 0.15) is 32.3 Å². The molecular weight excluding hydrogens is 278 g/mol. The van der Waals surface area contributed by atoms with Gasteiger partial charge in [-0.2, -0.15) is 0 Å². The van der Waals surface area contributed by atoms with Gasteiger partial charge in [0.15, 0.2) is 0 Å². The summed E-state index contributed by atoms with van der Waals surface area (Å²) in [5.41, 5.74) is -0.389. The molecule has 5 heteroatoms. The summed E-state index contributed by atoms with van der Waals surface area (Å²) >= 11 is 5.77. The molecule has 0 saturated heterocycles. The topological polar surface area (TPSA) is 66.4 Å². The molecule has 2 N–H and O–H groups in total. The Morgan fingerprint density at radius 3 is 2.25 bits per heavy atom. The first-order valence-electron chi connectivity index (χ1n) is 6.42. The highest BCUT2D eigenvalue weighted by Crippen LogP contribution is 2.16. The Labute approximate surface area is 123 Å². The van der Waals surface area contributed by atoms with E-state index in [9.17, 15) is 14.7 Å². The fourth-order valence-electron chi connectivity index (χ4n) is 1.81. The zero-order valence-electron chi connectivity index (χ0n) is 11.5. The zero-order chi connectivity index (χ0) is 15.2. The minimum absolute atomic E-state index is 0.333. The van der Waals surface area contributed by atoms with E-state index < -0.39 is 17.4 Å². The SMILES string of the molecule is CCC(CC)(NC(=O)C=Cc1ccc(Cl)cc1)C(=O)O. The van der Waals surface area contributed by atoms with Crippen LogP contribution in [0, 0.1) is 0 Å². The number of amides is 1. The molecule has 0 bridgehead atoms. The predicted octanol–water partition coefficient (Wildman–Crippen LogP) is 3.11. The van der Waals surface area contributed by atoms with E-state index in [1.807, 2.05) is 0 Å². The van der Waals surface area contributed by atoms with E-state index in [-0.39, 0.29) is 0 Å². The minimum Gasteiger partial charge on any atom is -0.480 e. The highest BCUT2D eigenvalue weighted by molar-refractivity contribution is 6.30.